The molecule has 3 rings (SSSR count). The third-order valence-corrected chi connectivity index (χ3v) is 5.21. The topological polar surface area (TPSA) is 68.3 Å². The Hall–Kier alpha value is -2.99. The first-order valence-corrected chi connectivity index (χ1v) is 9.78. The first-order chi connectivity index (χ1) is 13.3. The van der Waals surface area contributed by atoms with Crippen LogP contribution in [0.4, 0.5) is 5.69 Å². The van der Waals surface area contributed by atoms with Crippen LogP contribution in [0.1, 0.15) is 32.7 Å². The molecule has 6 heteroatoms. The van der Waals surface area contributed by atoms with Gasteiger partial charge in [-0.1, -0.05) is 48.0 Å². The number of rotatable bonds is 5. The molecule has 0 bridgehead atoms. The number of thiazole rings is 1. The van der Waals surface area contributed by atoms with Crippen molar-refractivity contribution in [2.24, 2.45) is 0 Å². The van der Waals surface area contributed by atoms with Crippen molar-refractivity contribution in [3.05, 3.63) is 69.5 Å². The second-order valence-electron chi connectivity index (χ2n) is 6.63. The number of ether oxygens (including phenoxy) is 1. The lowest BCUT2D eigenvalue weighted by molar-refractivity contribution is -0.123. The van der Waals surface area contributed by atoms with Gasteiger partial charge in [-0.2, -0.15) is 0 Å². The largest absolute Gasteiger partial charge is 0.448 e. The number of hydrogen-bond acceptors (Lipinski definition) is 5. The first kappa shape index (κ1) is 19.8. The molecule has 5 nitrogen and oxygen atoms in total. The van der Waals surface area contributed by atoms with Gasteiger partial charge < -0.3 is 10.1 Å². The highest BCUT2D eigenvalue weighted by molar-refractivity contribution is 7.14. The van der Waals surface area contributed by atoms with Crippen molar-refractivity contribution in [3.8, 4) is 11.3 Å². The summed E-state index contributed by atoms with van der Waals surface area (Å²) in [5, 5.41) is 3.58. The Morgan fingerprint density at radius 1 is 1.07 bits per heavy atom. The van der Waals surface area contributed by atoms with E-state index in [9.17, 15) is 9.59 Å². The quantitative estimate of drug-likeness (QED) is 0.624. The van der Waals surface area contributed by atoms with E-state index in [0.29, 0.717) is 16.3 Å². The van der Waals surface area contributed by atoms with Gasteiger partial charge in [-0.15, -0.1) is 11.3 Å². The van der Waals surface area contributed by atoms with E-state index in [0.717, 1.165) is 21.7 Å². The van der Waals surface area contributed by atoms with Crippen molar-refractivity contribution in [2.45, 2.75) is 33.8 Å². The number of benzene rings is 2. The van der Waals surface area contributed by atoms with Crippen LogP contribution < -0.4 is 5.32 Å². The van der Waals surface area contributed by atoms with Gasteiger partial charge >= 0.3 is 5.97 Å². The highest BCUT2D eigenvalue weighted by atomic mass is 32.1. The Balaban J connectivity index is 1.73. The number of nitrogens with one attached hydrogen (secondary N) is 1. The molecule has 1 amide bonds. The molecular formula is C22H22N2O3S. The lowest BCUT2D eigenvalue weighted by Crippen LogP contribution is -2.30. The van der Waals surface area contributed by atoms with Crippen molar-refractivity contribution in [1.82, 2.24) is 4.98 Å². The summed E-state index contributed by atoms with van der Waals surface area (Å²) in [5.41, 5.74) is 4.19. The van der Waals surface area contributed by atoms with Gasteiger partial charge in [-0.3, -0.25) is 4.79 Å². The van der Waals surface area contributed by atoms with Gasteiger partial charge in [0.15, 0.2) is 6.10 Å². The van der Waals surface area contributed by atoms with Crippen LogP contribution >= 0.6 is 11.3 Å². The molecule has 2 aromatic carbocycles. The summed E-state index contributed by atoms with van der Waals surface area (Å²) in [7, 11) is 0. The highest BCUT2D eigenvalue weighted by Crippen LogP contribution is 2.29. The molecule has 1 heterocycles. The maximum absolute atomic E-state index is 12.7. The second kappa shape index (κ2) is 8.35. The zero-order chi connectivity index (χ0) is 20.3. The van der Waals surface area contributed by atoms with Gasteiger partial charge in [-0.25, -0.2) is 9.78 Å². The molecule has 0 aliphatic rings. The molecule has 0 spiro atoms. The molecule has 0 fully saturated rings. The van der Waals surface area contributed by atoms with Crippen molar-refractivity contribution >= 4 is 28.9 Å². The van der Waals surface area contributed by atoms with Crippen LogP contribution in [-0.4, -0.2) is 23.0 Å². The number of anilines is 1. The molecular weight excluding hydrogens is 372 g/mol. The van der Waals surface area contributed by atoms with Crippen molar-refractivity contribution in [2.75, 3.05) is 5.32 Å². The Morgan fingerprint density at radius 2 is 1.79 bits per heavy atom. The zero-order valence-electron chi connectivity index (χ0n) is 16.3. The van der Waals surface area contributed by atoms with Gasteiger partial charge in [0.25, 0.3) is 5.91 Å². The maximum Gasteiger partial charge on any atom is 0.351 e. The van der Waals surface area contributed by atoms with Crippen LogP contribution in [-0.2, 0) is 9.53 Å². The molecule has 3 aromatic rings. The first-order valence-electron chi connectivity index (χ1n) is 8.97. The van der Waals surface area contributed by atoms with Crippen LogP contribution in [0.25, 0.3) is 11.3 Å². The number of amides is 1. The Morgan fingerprint density at radius 3 is 2.46 bits per heavy atom. The standard InChI is InChI=1S/C22H22N2O3S/c1-13-10-11-18(14(2)12-13)24-21(25)15(3)27-22(26)20-19(23-16(4)28-20)17-8-6-5-7-9-17/h5-12,15H,1-4H3,(H,24,25)/t15-/m1/s1. The zero-order valence-corrected chi connectivity index (χ0v) is 17.1. The fourth-order valence-corrected chi connectivity index (χ4v) is 3.64. The summed E-state index contributed by atoms with van der Waals surface area (Å²) in [5.74, 6) is -0.921. The Labute approximate surface area is 168 Å². The molecule has 0 aliphatic carbocycles. The van der Waals surface area contributed by atoms with Crippen LogP contribution in [0.5, 0.6) is 0 Å². The fraction of sp³-hybridized carbons (Fsp3) is 0.227. The molecule has 0 radical (unpaired) electrons. The molecule has 1 N–H and O–H groups in total. The Kier molecular flexibility index (Phi) is 5.90. The van der Waals surface area contributed by atoms with E-state index in [1.165, 1.54) is 11.3 Å². The Bertz CT molecular complexity index is 1010. The number of nitrogens with zero attached hydrogens (tertiary/aromatic N) is 1. The molecule has 0 aliphatic heterocycles. The molecule has 144 valence electrons. The van der Waals surface area contributed by atoms with E-state index in [4.69, 9.17) is 4.74 Å². The molecule has 0 unspecified atom stereocenters. The average molecular weight is 394 g/mol. The van der Waals surface area contributed by atoms with Crippen LogP contribution in [0.15, 0.2) is 48.5 Å². The van der Waals surface area contributed by atoms with Gasteiger partial charge in [0.2, 0.25) is 0 Å². The van der Waals surface area contributed by atoms with Crippen molar-refractivity contribution < 1.29 is 14.3 Å². The number of hydrogen-bond donors (Lipinski definition) is 1. The van der Waals surface area contributed by atoms with E-state index in [2.05, 4.69) is 10.3 Å². The van der Waals surface area contributed by atoms with Crippen LogP contribution in [0.3, 0.4) is 0 Å². The smallest absolute Gasteiger partial charge is 0.351 e. The van der Waals surface area contributed by atoms with Crippen molar-refractivity contribution in [3.63, 3.8) is 0 Å². The van der Waals surface area contributed by atoms with E-state index in [1.807, 2.05) is 69.3 Å². The van der Waals surface area contributed by atoms with Gasteiger partial charge in [-0.05, 0) is 39.3 Å². The number of carbonyl (C=O) groups excluding carboxylic acids is 2. The molecule has 28 heavy (non-hydrogen) atoms. The van der Waals surface area contributed by atoms with Gasteiger partial charge in [0, 0.05) is 11.3 Å². The van der Waals surface area contributed by atoms with Crippen LogP contribution in [0, 0.1) is 20.8 Å². The number of carbonyl (C=O) groups is 2. The van der Waals surface area contributed by atoms with Gasteiger partial charge in [0.05, 0.1) is 10.7 Å². The third-order valence-electron chi connectivity index (χ3n) is 4.26. The lowest BCUT2D eigenvalue weighted by atomic mass is 10.1. The second-order valence-corrected chi connectivity index (χ2v) is 7.83. The normalized spacial score (nSPS) is 11.7. The molecule has 0 saturated carbocycles. The monoisotopic (exact) mass is 394 g/mol. The fourth-order valence-electron chi connectivity index (χ4n) is 2.81. The van der Waals surface area contributed by atoms with E-state index < -0.39 is 12.1 Å². The summed E-state index contributed by atoms with van der Waals surface area (Å²) >= 11 is 1.26. The average Bonchev–Trinajstić information content (AvgIpc) is 3.06. The van der Waals surface area contributed by atoms with Crippen LogP contribution in [0.2, 0.25) is 0 Å². The highest BCUT2D eigenvalue weighted by Gasteiger charge is 2.24. The maximum atomic E-state index is 12.7. The SMILES string of the molecule is Cc1ccc(NC(=O)[C@@H](C)OC(=O)c2sc(C)nc2-c2ccccc2)c(C)c1. The molecule has 1 aromatic heterocycles. The predicted molar refractivity (Wildman–Crippen MR) is 112 cm³/mol. The molecule has 0 saturated heterocycles. The van der Waals surface area contributed by atoms with E-state index in [1.54, 1.807) is 6.92 Å². The van der Waals surface area contributed by atoms with Crippen molar-refractivity contribution in [1.29, 1.82) is 0 Å². The minimum atomic E-state index is -0.931. The number of esters is 1. The van der Waals surface area contributed by atoms with E-state index in [-0.39, 0.29) is 5.91 Å². The number of aryl methyl sites for hydroxylation is 3. The minimum Gasteiger partial charge on any atom is -0.448 e. The minimum absolute atomic E-state index is 0.372. The summed E-state index contributed by atoms with van der Waals surface area (Å²) in [6.07, 6.45) is -0.931. The summed E-state index contributed by atoms with van der Waals surface area (Å²) in [6, 6.07) is 15.2. The van der Waals surface area contributed by atoms with Gasteiger partial charge in [0.1, 0.15) is 4.88 Å². The lowest BCUT2D eigenvalue weighted by Gasteiger charge is -2.15. The van der Waals surface area contributed by atoms with E-state index >= 15 is 0 Å². The third kappa shape index (κ3) is 4.46. The number of aromatic nitrogens is 1. The predicted octanol–water partition coefficient (Wildman–Crippen LogP) is 4.92. The molecule has 1 atom stereocenters. The summed E-state index contributed by atoms with van der Waals surface area (Å²) < 4.78 is 5.43. The summed E-state index contributed by atoms with van der Waals surface area (Å²) in [4.78, 5) is 30.0. The summed E-state index contributed by atoms with van der Waals surface area (Å²) in [6.45, 7) is 7.31.